The molecule has 0 aliphatic heterocycles. The number of methoxy groups -OCH3 is 2. The van der Waals surface area contributed by atoms with E-state index in [0.717, 1.165) is 23.3 Å². The van der Waals surface area contributed by atoms with Gasteiger partial charge in [0.1, 0.15) is 11.5 Å². The monoisotopic (exact) mass is 423 g/mol. The van der Waals surface area contributed by atoms with E-state index < -0.39 is 0 Å². The molecule has 1 fully saturated rings. The molecule has 31 heavy (non-hydrogen) atoms. The molecule has 0 spiro atoms. The van der Waals surface area contributed by atoms with E-state index in [2.05, 4.69) is 45.1 Å². The van der Waals surface area contributed by atoms with Crippen molar-refractivity contribution in [3.05, 3.63) is 58.7 Å². The van der Waals surface area contributed by atoms with Crippen molar-refractivity contribution >= 4 is 5.91 Å². The molecule has 1 N–H and O–H groups in total. The van der Waals surface area contributed by atoms with Crippen LogP contribution in [0.4, 0.5) is 0 Å². The topological polar surface area (TPSA) is 47.6 Å². The van der Waals surface area contributed by atoms with Gasteiger partial charge in [0.15, 0.2) is 0 Å². The molecule has 3 atom stereocenters. The van der Waals surface area contributed by atoms with Gasteiger partial charge < -0.3 is 14.8 Å². The minimum atomic E-state index is -0.0538. The first-order chi connectivity index (χ1) is 14.8. The summed E-state index contributed by atoms with van der Waals surface area (Å²) < 4.78 is 10.7. The number of nitrogens with one attached hydrogen (secondary N) is 1. The fourth-order valence-electron chi connectivity index (χ4n) is 5.11. The molecule has 1 saturated carbocycles. The number of aryl methyl sites for hydroxylation is 1. The molecule has 0 bridgehead atoms. The van der Waals surface area contributed by atoms with E-state index in [1.54, 1.807) is 14.2 Å². The molecule has 1 amide bonds. The lowest BCUT2D eigenvalue weighted by Gasteiger charge is -2.45. The summed E-state index contributed by atoms with van der Waals surface area (Å²) in [7, 11) is 3.26. The molecule has 0 saturated heterocycles. The minimum absolute atomic E-state index is 0.0538. The van der Waals surface area contributed by atoms with Crippen molar-refractivity contribution in [2.75, 3.05) is 14.2 Å². The summed E-state index contributed by atoms with van der Waals surface area (Å²) in [6.45, 7) is 9.75. The third-order valence-corrected chi connectivity index (χ3v) is 7.52. The van der Waals surface area contributed by atoms with Gasteiger partial charge in [-0.2, -0.15) is 0 Å². The summed E-state index contributed by atoms with van der Waals surface area (Å²) in [4.78, 5) is 13.0. The average Bonchev–Trinajstić information content (AvgIpc) is 2.80. The maximum Gasteiger partial charge on any atom is 0.251 e. The van der Waals surface area contributed by atoms with Gasteiger partial charge >= 0.3 is 0 Å². The Bertz CT molecular complexity index is 923. The van der Waals surface area contributed by atoms with Crippen LogP contribution in [0.3, 0.4) is 0 Å². The number of rotatable bonds is 7. The Morgan fingerprint density at radius 3 is 2.52 bits per heavy atom. The highest BCUT2D eigenvalue weighted by atomic mass is 16.5. The second-order valence-electron chi connectivity index (χ2n) is 9.16. The number of carbonyl (C=O) groups excluding carboxylic acids is 1. The molecule has 0 radical (unpaired) electrons. The molecule has 0 aromatic heterocycles. The third kappa shape index (κ3) is 4.73. The number of carbonyl (C=O) groups is 1. The van der Waals surface area contributed by atoms with Crippen molar-refractivity contribution in [2.45, 2.75) is 65.3 Å². The lowest BCUT2D eigenvalue weighted by Crippen LogP contribution is -2.39. The van der Waals surface area contributed by atoms with Crippen LogP contribution < -0.4 is 14.8 Å². The van der Waals surface area contributed by atoms with Crippen molar-refractivity contribution in [1.29, 1.82) is 0 Å². The highest BCUT2D eigenvalue weighted by Crippen LogP contribution is 2.47. The molecule has 4 nitrogen and oxygen atoms in total. The molecule has 168 valence electrons. The first-order valence-corrected chi connectivity index (χ1v) is 11.5. The molecule has 1 unspecified atom stereocenters. The van der Waals surface area contributed by atoms with Crippen molar-refractivity contribution in [1.82, 2.24) is 5.32 Å². The Balaban J connectivity index is 1.84. The van der Waals surface area contributed by atoms with E-state index in [4.69, 9.17) is 9.47 Å². The summed E-state index contributed by atoms with van der Waals surface area (Å²) in [5.41, 5.74) is 4.47. The first-order valence-electron chi connectivity index (χ1n) is 11.5. The lowest BCUT2D eigenvalue weighted by molar-refractivity contribution is 0.0950. The van der Waals surface area contributed by atoms with E-state index in [9.17, 15) is 4.79 Å². The summed E-state index contributed by atoms with van der Waals surface area (Å²) in [5, 5.41) is 3.07. The summed E-state index contributed by atoms with van der Waals surface area (Å²) in [5.74, 6) is 2.67. The molecule has 3 rings (SSSR count). The van der Waals surface area contributed by atoms with E-state index in [1.165, 1.54) is 30.4 Å². The second kappa shape index (κ2) is 9.76. The number of benzene rings is 2. The first kappa shape index (κ1) is 23.2. The largest absolute Gasteiger partial charge is 0.497 e. The summed E-state index contributed by atoms with van der Waals surface area (Å²) >= 11 is 0. The molecular formula is C27H37NO3. The fraction of sp³-hybridized carbons (Fsp3) is 0.519. The van der Waals surface area contributed by atoms with Crippen LogP contribution in [-0.4, -0.2) is 20.1 Å². The van der Waals surface area contributed by atoms with Crippen LogP contribution in [0.5, 0.6) is 11.5 Å². The van der Waals surface area contributed by atoms with Crippen LogP contribution in [0, 0.1) is 11.8 Å². The van der Waals surface area contributed by atoms with Crippen LogP contribution in [-0.2, 0) is 18.4 Å². The fourth-order valence-corrected chi connectivity index (χ4v) is 5.11. The third-order valence-electron chi connectivity index (χ3n) is 7.52. The Morgan fingerprint density at radius 1 is 1.10 bits per heavy atom. The van der Waals surface area contributed by atoms with Crippen LogP contribution in [0.2, 0.25) is 0 Å². The smallest absolute Gasteiger partial charge is 0.251 e. The average molecular weight is 424 g/mol. The van der Waals surface area contributed by atoms with Crippen LogP contribution in [0.1, 0.15) is 74.0 Å². The zero-order chi connectivity index (χ0) is 22.6. The Morgan fingerprint density at radius 2 is 1.84 bits per heavy atom. The Labute approximate surface area is 187 Å². The van der Waals surface area contributed by atoms with Gasteiger partial charge in [-0.15, -0.1) is 0 Å². The van der Waals surface area contributed by atoms with Gasteiger partial charge in [-0.1, -0.05) is 46.6 Å². The normalized spacial score (nSPS) is 23.3. The van der Waals surface area contributed by atoms with Gasteiger partial charge in [0.25, 0.3) is 5.91 Å². The lowest BCUT2D eigenvalue weighted by atomic mass is 9.60. The van der Waals surface area contributed by atoms with Crippen molar-refractivity contribution in [3.63, 3.8) is 0 Å². The van der Waals surface area contributed by atoms with Gasteiger partial charge in [0.2, 0.25) is 0 Å². The molecule has 2 aromatic carbocycles. The number of ether oxygens (including phenoxy) is 2. The van der Waals surface area contributed by atoms with Gasteiger partial charge in [0, 0.05) is 23.7 Å². The van der Waals surface area contributed by atoms with Gasteiger partial charge in [-0.25, -0.2) is 0 Å². The van der Waals surface area contributed by atoms with Crippen LogP contribution >= 0.6 is 0 Å². The summed E-state index contributed by atoms with van der Waals surface area (Å²) in [6.07, 6.45) is 4.71. The van der Waals surface area contributed by atoms with Crippen LogP contribution in [0.25, 0.3) is 0 Å². The standard InChI is InChI=1S/C27H37NO3/c1-7-20-10-11-21(15-24(20)27(4)14-8-9-18(2)19(27)3)26(29)28-17-22-12-13-23(30-5)16-25(22)31-6/h10-13,15-16,18-19H,7-9,14,17H2,1-6H3,(H,28,29)/t18-,19-,27?/m0/s1. The number of amides is 1. The molecule has 1 aliphatic rings. The SMILES string of the molecule is CCc1ccc(C(=O)NCc2ccc(OC)cc2OC)cc1C1(C)CCC[C@H](C)[C@@H]1C. The molecule has 0 heterocycles. The highest BCUT2D eigenvalue weighted by Gasteiger charge is 2.40. The maximum atomic E-state index is 13.0. The van der Waals surface area contributed by atoms with Gasteiger partial charge in [-0.3, -0.25) is 4.79 Å². The minimum Gasteiger partial charge on any atom is -0.497 e. The van der Waals surface area contributed by atoms with Crippen molar-refractivity contribution in [3.8, 4) is 11.5 Å². The van der Waals surface area contributed by atoms with Crippen LogP contribution in [0.15, 0.2) is 36.4 Å². The van der Waals surface area contributed by atoms with E-state index in [-0.39, 0.29) is 11.3 Å². The quantitative estimate of drug-likeness (QED) is 0.602. The highest BCUT2D eigenvalue weighted by molar-refractivity contribution is 5.94. The molecule has 1 aliphatic carbocycles. The van der Waals surface area contributed by atoms with Crippen molar-refractivity contribution < 1.29 is 14.3 Å². The predicted molar refractivity (Wildman–Crippen MR) is 126 cm³/mol. The Hall–Kier alpha value is -2.49. The molecule has 4 heteroatoms. The molecule has 2 aromatic rings. The van der Waals surface area contributed by atoms with Crippen molar-refractivity contribution in [2.24, 2.45) is 11.8 Å². The number of hydrogen-bond donors (Lipinski definition) is 1. The maximum absolute atomic E-state index is 13.0. The Kier molecular flexibility index (Phi) is 7.30. The van der Waals surface area contributed by atoms with E-state index in [0.29, 0.717) is 24.1 Å². The van der Waals surface area contributed by atoms with Gasteiger partial charge in [-0.05, 0) is 65.5 Å². The summed E-state index contributed by atoms with van der Waals surface area (Å²) in [6, 6.07) is 11.9. The zero-order valence-electron chi connectivity index (χ0n) is 19.9. The second-order valence-corrected chi connectivity index (χ2v) is 9.16. The van der Waals surface area contributed by atoms with E-state index in [1.807, 2.05) is 24.3 Å². The molecular weight excluding hydrogens is 386 g/mol. The number of hydrogen-bond acceptors (Lipinski definition) is 3. The van der Waals surface area contributed by atoms with Gasteiger partial charge in [0.05, 0.1) is 14.2 Å². The zero-order valence-corrected chi connectivity index (χ0v) is 19.9. The van der Waals surface area contributed by atoms with E-state index >= 15 is 0 Å². The predicted octanol–water partition coefficient (Wildman–Crippen LogP) is 5.91.